The van der Waals surface area contributed by atoms with Gasteiger partial charge in [0.2, 0.25) is 0 Å². The van der Waals surface area contributed by atoms with Gasteiger partial charge in [-0.2, -0.15) is 10.2 Å². The van der Waals surface area contributed by atoms with Gasteiger partial charge in [0.05, 0.1) is 35.5 Å². The lowest BCUT2D eigenvalue weighted by molar-refractivity contribution is -0.147. The molecule has 2 aliphatic rings. The van der Waals surface area contributed by atoms with Crippen molar-refractivity contribution in [1.29, 1.82) is 0 Å². The number of benzene rings is 1. The normalized spacial score (nSPS) is 19.8. The molecule has 0 radical (unpaired) electrons. The van der Waals surface area contributed by atoms with E-state index in [2.05, 4.69) is 10.2 Å². The zero-order valence-corrected chi connectivity index (χ0v) is 19.6. The molecule has 174 valence electrons. The van der Waals surface area contributed by atoms with E-state index in [0.717, 1.165) is 11.3 Å². The van der Waals surface area contributed by atoms with Crippen LogP contribution in [-0.2, 0) is 24.2 Å². The van der Waals surface area contributed by atoms with Crippen LogP contribution in [0.2, 0.25) is 5.15 Å². The van der Waals surface area contributed by atoms with E-state index in [1.54, 1.807) is 6.92 Å². The standard InChI is InChI=1S/C22H23ClN4O5S/c1-15-18(22(23)27(24-15)17-10-12-33(30,31)14-17)7-8-21(29)32-13-20(28)26-11-9-19(25-26)16-5-3-2-4-6-16/h2-8,17H,9-14H2,1H3/b8-7+. The Morgan fingerprint density at radius 2 is 2.03 bits per heavy atom. The maximum absolute atomic E-state index is 12.3. The van der Waals surface area contributed by atoms with Crippen molar-refractivity contribution in [2.75, 3.05) is 24.7 Å². The maximum Gasteiger partial charge on any atom is 0.331 e. The summed E-state index contributed by atoms with van der Waals surface area (Å²) < 4.78 is 30.0. The van der Waals surface area contributed by atoms with Crippen LogP contribution in [0.15, 0.2) is 41.5 Å². The SMILES string of the molecule is Cc1nn(C2CCS(=O)(=O)C2)c(Cl)c1/C=C/C(=O)OCC(=O)N1CCC(c2ccccc2)=N1. The lowest BCUT2D eigenvalue weighted by Gasteiger charge is -2.10. The van der Waals surface area contributed by atoms with Crippen LogP contribution < -0.4 is 0 Å². The number of sulfone groups is 1. The lowest BCUT2D eigenvalue weighted by Crippen LogP contribution is -2.28. The second-order valence-electron chi connectivity index (χ2n) is 7.91. The van der Waals surface area contributed by atoms with Gasteiger partial charge in [0, 0.05) is 18.1 Å². The molecule has 2 aliphatic heterocycles. The highest BCUT2D eigenvalue weighted by Gasteiger charge is 2.31. The number of esters is 1. The number of amides is 1. The zero-order chi connectivity index (χ0) is 23.6. The second kappa shape index (κ2) is 9.48. The number of nitrogens with zero attached hydrogens (tertiary/aromatic N) is 4. The molecule has 2 aromatic rings. The topological polar surface area (TPSA) is 111 Å². The average Bonchev–Trinajstić information content (AvgIpc) is 3.49. The van der Waals surface area contributed by atoms with E-state index in [1.165, 1.54) is 21.8 Å². The molecule has 1 aromatic heterocycles. The Morgan fingerprint density at radius 1 is 1.27 bits per heavy atom. The minimum absolute atomic E-state index is 0.00782. The Morgan fingerprint density at radius 3 is 2.73 bits per heavy atom. The summed E-state index contributed by atoms with van der Waals surface area (Å²) in [6, 6.07) is 9.26. The fraction of sp³-hybridized carbons (Fsp3) is 0.364. The molecule has 3 heterocycles. The number of ether oxygens (including phenoxy) is 1. The van der Waals surface area contributed by atoms with E-state index in [1.807, 2.05) is 30.3 Å². The van der Waals surface area contributed by atoms with Gasteiger partial charge in [-0.05, 0) is 25.0 Å². The summed E-state index contributed by atoms with van der Waals surface area (Å²) in [5.74, 6) is -1.02. The summed E-state index contributed by atoms with van der Waals surface area (Å²) in [5, 5.41) is 10.2. The molecule has 11 heteroatoms. The Labute approximate surface area is 196 Å². The van der Waals surface area contributed by atoms with E-state index >= 15 is 0 Å². The molecule has 1 amide bonds. The van der Waals surface area contributed by atoms with E-state index in [0.29, 0.717) is 30.6 Å². The van der Waals surface area contributed by atoms with E-state index in [9.17, 15) is 18.0 Å². The minimum Gasteiger partial charge on any atom is -0.452 e. The quantitative estimate of drug-likeness (QED) is 0.454. The third-order valence-corrected chi connectivity index (χ3v) is 7.67. The Balaban J connectivity index is 1.34. The molecule has 0 bridgehead atoms. The largest absolute Gasteiger partial charge is 0.452 e. The number of hydrogen-bond donors (Lipinski definition) is 0. The maximum atomic E-state index is 12.3. The summed E-state index contributed by atoms with van der Waals surface area (Å²) in [7, 11) is -3.09. The van der Waals surface area contributed by atoms with Crippen LogP contribution >= 0.6 is 11.6 Å². The van der Waals surface area contributed by atoms with Crippen molar-refractivity contribution >= 4 is 45.1 Å². The molecule has 1 aromatic carbocycles. The summed E-state index contributed by atoms with van der Waals surface area (Å²) in [5.41, 5.74) is 2.83. The monoisotopic (exact) mass is 490 g/mol. The number of carbonyl (C=O) groups excluding carboxylic acids is 2. The summed E-state index contributed by atoms with van der Waals surface area (Å²) in [6.07, 6.45) is 3.70. The van der Waals surface area contributed by atoms with Crippen LogP contribution in [-0.4, -0.2) is 65.5 Å². The van der Waals surface area contributed by atoms with Crippen LogP contribution in [0.25, 0.3) is 6.08 Å². The smallest absolute Gasteiger partial charge is 0.331 e. The van der Waals surface area contributed by atoms with E-state index < -0.39 is 28.3 Å². The third kappa shape index (κ3) is 5.33. The van der Waals surface area contributed by atoms with Gasteiger partial charge < -0.3 is 4.74 Å². The predicted octanol–water partition coefficient (Wildman–Crippen LogP) is 2.40. The van der Waals surface area contributed by atoms with Gasteiger partial charge in [0.1, 0.15) is 5.15 Å². The van der Waals surface area contributed by atoms with Crippen molar-refractivity contribution in [3.63, 3.8) is 0 Å². The van der Waals surface area contributed by atoms with Crippen molar-refractivity contribution < 1.29 is 22.7 Å². The molecule has 1 saturated heterocycles. The summed E-state index contributed by atoms with van der Waals surface area (Å²) in [6.45, 7) is 1.72. The van der Waals surface area contributed by atoms with Gasteiger partial charge in [-0.15, -0.1) is 0 Å². The first-order valence-electron chi connectivity index (χ1n) is 10.5. The lowest BCUT2D eigenvalue weighted by atomic mass is 10.1. The average molecular weight is 491 g/mol. The molecular weight excluding hydrogens is 468 g/mol. The number of hydrazone groups is 1. The van der Waals surface area contributed by atoms with Gasteiger partial charge in [-0.3, -0.25) is 4.79 Å². The van der Waals surface area contributed by atoms with Crippen LogP contribution in [0, 0.1) is 6.92 Å². The fourth-order valence-electron chi connectivity index (χ4n) is 3.81. The van der Waals surface area contributed by atoms with Crippen molar-refractivity contribution in [2.45, 2.75) is 25.8 Å². The summed E-state index contributed by atoms with van der Waals surface area (Å²) >= 11 is 6.39. The Hall–Kier alpha value is -2.98. The highest BCUT2D eigenvalue weighted by Crippen LogP contribution is 2.30. The van der Waals surface area contributed by atoms with E-state index in [-0.39, 0.29) is 22.7 Å². The first-order chi connectivity index (χ1) is 15.7. The Kier molecular flexibility index (Phi) is 6.66. The first-order valence-corrected chi connectivity index (χ1v) is 12.7. The van der Waals surface area contributed by atoms with Gasteiger partial charge in [-0.1, -0.05) is 41.9 Å². The highest BCUT2D eigenvalue weighted by atomic mass is 35.5. The molecule has 33 heavy (non-hydrogen) atoms. The molecule has 1 unspecified atom stereocenters. The number of halogens is 1. The molecule has 0 N–H and O–H groups in total. The molecule has 1 fully saturated rings. The first kappa shape index (κ1) is 23.2. The number of carbonyl (C=O) groups is 2. The molecule has 0 aliphatic carbocycles. The van der Waals surface area contributed by atoms with Crippen LogP contribution in [0.3, 0.4) is 0 Å². The number of hydrogen-bond acceptors (Lipinski definition) is 7. The minimum atomic E-state index is -3.09. The van der Waals surface area contributed by atoms with Crippen LogP contribution in [0.5, 0.6) is 0 Å². The van der Waals surface area contributed by atoms with Crippen molar-refractivity contribution in [1.82, 2.24) is 14.8 Å². The number of aromatic nitrogens is 2. The molecule has 0 saturated carbocycles. The zero-order valence-electron chi connectivity index (χ0n) is 18.0. The molecular formula is C22H23ClN4O5S. The van der Waals surface area contributed by atoms with Gasteiger partial charge >= 0.3 is 5.97 Å². The molecule has 9 nitrogen and oxygen atoms in total. The predicted molar refractivity (Wildman–Crippen MR) is 124 cm³/mol. The fourth-order valence-corrected chi connectivity index (χ4v) is 5.88. The Bertz CT molecular complexity index is 1240. The van der Waals surface area contributed by atoms with Gasteiger partial charge in [0.25, 0.3) is 5.91 Å². The second-order valence-corrected chi connectivity index (χ2v) is 10.5. The highest BCUT2D eigenvalue weighted by molar-refractivity contribution is 7.91. The summed E-state index contributed by atoms with van der Waals surface area (Å²) in [4.78, 5) is 24.5. The number of aryl methyl sites for hydroxylation is 1. The molecule has 1 atom stereocenters. The van der Waals surface area contributed by atoms with Crippen molar-refractivity contribution in [3.8, 4) is 0 Å². The van der Waals surface area contributed by atoms with Crippen LogP contribution in [0.1, 0.15) is 35.7 Å². The molecule has 0 spiro atoms. The van der Waals surface area contributed by atoms with Crippen molar-refractivity contribution in [3.05, 3.63) is 58.4 Å². The van der Waals surface area contributed by atoms with Gasteiger partial charge in [0.15, 0.2) is 16.4 Å². The van der Waals surface area contributed by atoms with Crippen LogP contribution in [0.4, 0.5) is 0 Å². The van der Waals surface area contributed by atoms with Crippen molar-refractivity contribution in [2.24, 2.45) is 5.10 Å². The third-order valence-electron chi connectivity index (χ3n) is 5.55. The van der Waals surface area contributed by atoms with Gasteiger partial charge in [-0.25, -0.2) is 22.9 Å². The molecule has 4 rings (SSSR count). The van der Waals surface area contributed by atoms with E-state index in [4.69, 9.17) is 16.3 Å². The number of rotatable bonds is 6.